The molecule has 0 amide bonds. The first-order chi connectivity index (χ1) is 6.72. The molecule has 92 valence electrons. The fourth-order valence-corrected chi connectivity index (χ4v) is 1.72. The zero-order valence-electron chi connectivity index (χ0n) is 11.7. The first-order valence-electron chi connectivity index (χ1n) is 5.82. The van der Waals surface area contributed by atoms with E-state index in [0.29, 0.717) is 11.8 Å². The minimum atomic E-state index is -0.116. The van der Waals surface area contributed by atoms with E-state index < -0.39 is 0 Å². The molecule has 15 heavy (non-hydrogen) atoms. The summed E-state index contributed by atoms with van der Waals surface area (Å²) in [6.07, 6.45) is 0.919. The molecule has 0 N–H and O–H groups in total. The van der Waals surface area contributed by atoms with E-state index >= 15 is 0 Å². The molecule has 0 saturated heterocycles. The van der Waals surface area contributed by atoms with Gasteiger partial charge in [-0.3, -0.25) is 0 Å². The van der Waals surface area contributed by atoms with Gasteiger partial charge in [-0.1, -0.05) is 27.7 Å². The molecule has 0 aromatic heterocycles. The molecule has 2 atom stereocenters. The van der Waals surface area contributed by atoms with E-state index in [9.17, 15) is 0 Å². The minimum Gasteiger partial charge on any atom is -0.378 e. The Kier molecular flexibility index (Phi) is 5.28. The van der Waals surface area contributed by atoms with Gasteiger partial charge in [0.25, 0.3) is 0 Å². The summed E-state index contributed by atoms with van der Waals surface area (Å²) in [7, 11) is 3.58. The molecule has 0 aliphatic carbocycles. The molecule has 0 aromatic rings. The van der Waals surface area contributed by atoms with Gasteiger partial charge in [-0.25, -0.2) is 0 Å². The Morgan fingerprint density at radius 2 is 1.07 bits per heavy atom. The van der Waals surface area contributed by atoms with E-state index in [1.165, 1.54) is 0 Å². The van der Waals surface area contributed by atoms with E-state index in [0.717, 1.165) is 6.42 Å². The highest BCUT2D eigenvalue weighted by Gasteiger charge is 2.39. The lowest BCUT2D eigenvalue weighted by Gasteiger charge is -2.42. The maximum absolute atomic E-state index is 5.67. The van der Waals surface area contributed by atoms with Crippen LogP contribution in [0.3, 0.4) is 0 Å². The van der Waals surface area contributed by atoms with Crippen LogP contribution >= 0.6 is 0 Å². The fourth-order valence-electron chi connectivity index (χ4n) is 1.72. The quantitative estimate of drug-likeness (QED) is 0.676. The van der Waals surface area contributed by atoms with Crippen molar-refractivity contribution in [1.82, 2.24) is 0 Å². The summed E-state index contributed by atoms with van der Waals surface area (Å²) in [5.41, 5.74) is -0.232. The van der Waals surface area contributed by atoms with Crippen LogP contribution in [0.2, 0.25) is 0 Å². The Morgan fingerprint density at radius 3 is 1.20 bits per heavy atom. The second kappa shape index (κ2) is 5.31. The Bertz CT molecular complexity index is 169. The predicted octanol–water partition coefficient (Wildman–Crippen LogP) is 3.50. The SMILES string of the molecule is COC(C)(CC(C)(OC)C(C)C)C(C)C. The zero-order valence-corrected chi connectivity index (χ0v) is 11.7. The van der Waals surface area contributed by atoms with Crippen LogP contribution in [0.4, 0.5) is 0 Å². The highest BCUT2D eigenvalue weighted by atomic mass is 16.5. The molecule has 0 saturated carbocycles. The topological polar surface area (TPSA) is 18.5 Å². The lowest BCUT2D eigenvalue weighted by Crippen LogP contribution is -2.46. The zero-order chi connectivity index (χ0) is 12.3. The van der Waals surface area contributed by atoms with Gasteiger partial charge in [0, 0.05) is 20.6 Å². The van der Waals surface area contributed by atoms with Gasteiger partial charge in [0.1, 0.15) is 0 Å². The van der Waals surface area contributed by atoms with Gasteiger partial charge in [0.15, 0.2) is 0 Å². The van der Waals surface area contributed by atoms with Gasteiger partial charge in [0.2, 0.25) is 0 Å². The van der Waals surface area contributed by atoms with E-state index in [4.69, 9.17) is 9.47 Å². The van der Waals surface area contributed by atoms with Crippen LogP contribution in [-0.4, -0.2) is 25.4 Å². The van der Waals surface area contributed by atoms with Crippen molar-refractivity contribution in [3.05, 3.63) is 0 Å². The van der Waals surface area contributed by atoms with E-state index in [1.54, 1.807) is 14.2 Å². The summed E-state index contributed by atoms with van der Waals surface area (Å²) >= 11 is 0. The molecule has 0 aliphatic heterocycles. The summed E-state index contributed by atoms with van der Waals surface area (Å²) in [5, 5.41) is 0. The lowest BCUT2D eigenvalue weighted by molar-refractivity contribution is -0.124. The van der Waals surface area contributed by atoms with Crippen LogP contribution in [0.15, 0.2) is 0 Å². The highest BCUT2D eigenvalue weighted by molar-refractivity contribution is 4.90. The van der Waals surface area contributed by atoms with Gasteiger partial charge in [-0.15, -0.1) is 0 Å². The second-order valence-electron chi connectivity index (χ2n) is 5.52. The van der Waals surface area contributed by atoms with Crippen LogP contribution in [0.1, 0.15) is 48.0 Å². The van der Waals surface area contributed by atoms with Crippen LogP contribution in [0.25, 0.3) is 0 Å². The molecule has 2 unspecified atom stereocenters. The van der Waals surface area contributed by atoms with E-state index in [-0.39, 0.29) is 11.2 Å². The predicted molar refractivity (Wildman–Crippen MR) is 65.1 cm³/mol. The first kappa shape index (κ1) is 14.9. The fraction of sp³-hybridized carbons (Fsp3) is 1.00. The molecule has 0 fully saturated rings. The monoisotopic (exact) mass is 216 g/mol. The summed E-state index contributed by atoms with van der Waals surface area (Å²) in [4.78, 5) is 0. The van der Waals surface area contributed by atoms with Crippen molar-refractivity contribution in [1.29, 1.82) is 0 Å². The van der Waals surface area contributed by atoms with Crippen molar-refractivity contribution in [2.24, 2.45) is 11.8 Å². The Hall–Kier alpha value is -0.0800. The van der Waals surface area contributed by atoms with Gasteiger partial charge >= 0.3 is 0 Å². The third-order valence-corrected chi connectivity index (χ3v) is 4.08. The number of ether oxygens (including phenoxy) is 2. The highest BCUT2D eigenvalue weighted by Crippen LogP contribution is 2.36. The smallest absolute Gasteiger partial charge is 0.0700 e. The van der Waals surface area contributed by atoms with Gasteiger partial charge in [-0.05, 0) is 25.7 Å². The molecule has 0 aliphatic rings. The van der Waals surface area contributed by atoms with Crippen molar-refractivity contribution in [3.8, 4) is 0 Å². The van der Waals surface area contributed by atoms with Crippen LogP contribution in [-0.2, 0) is 9.47 Å². The van der Waals surface area contributed by atoms with Crippen molar-refractivity contribution in [2.75, 3.05) is 14.2 Å². The molecule has 0 spiro atoms. The molecule has 0 aromatic carbocycles. The standard InChI is InChI=1S/C13H28O2/c1-10(2)12(5,14-7)9-13(6,15-8)11(3)4/h10-11H,9H2,1-8H3. The summed E-state index contributed by atoms with van der Waals surface area (Å²) in [5.74, 6) is 0.964. The summed E-state index contributed by atoms with van der Waals surface area (Å²) < 4.78 is 11.3. The molecule has 0 heterocycles. The molecule has 2 nitrogen and oxygen atoms in total. The second-order valence-corrected chi connectivity index (χ2v) is 5.52. The largest absolute Gasteiger partial charge is 0.378 e. The average Bonchev–Trinajstić information content (AvgIpc) is 2.16. The normalized spacial score (nSPS) is 20.4. The maximum Gasteiger partial charge on any atom is 0.0700 e. The van der Waals surface area contributed by atoms with Crippen molar-refractivity contribution in [2.45, 2.75) is 59.2 Å². The Labute approximate surface area is 95.3 Å². The molecular formula is C13H28O2. The number of rotatable bonds is 6. The Balaban J connectivity index is 4.79. The maximum atomic E-state index is 5.67. The number of hydrogen-bond donors (Lipinski definition) is 0. The van der Waals surface area contributed by atoms with Crippen LogP contribution in [0.5, 0.6) is 0 Å². The lowest BCUT2D eigenvalue weighted by atomic mass is 9.77. The van der Waals surface area contributed by atoms with Crippen molar-refractivity contribution < 1.29 is 9.47 Å². The summed E-state index contributed by atoms with van der Waals surface area (Å²) in [6, 6.07) is 0. The van der Waals surface area contributed by atoms with Gasteiger partial charge in [0.05, 0.1) is 11.2 Å². The molecule has 2 heteroatoms. The van der Waals surface area contributed by atoms with E-state index in [1.807, 2.05) is 0 Å². The van der Waals surface area contributed by atoms with E-state index in [2.05, 4.69) is 41.5 Å². The molecular weight excluding hydrogens is 188 g/mol. The average molecular weight is 216 g/mol. The first-order valence-corrected chi connectivity index (χ1v) is 5.82. The van der Waals surface area contributed by atoms with Crippen LogP contribution in [0, 0.1) is 11.8 Å². The summed E-state index contributed by atoms with van der Waals surface area (Å²) in [6.45, 7) is 13.1. The third kappa shape index (κ3) is 3.46. The van der Waals surface area contributed by atoms with Gasteiger partial charge < -0.3 is 9.47 Å². The molecule has 0 rings (SSSR count). The molecule has 0 radical (unpaired) electrons. The number of hydrogen-bond acceptors (Lipinski definition) is 2. The minimum absolute atomic E-state index is 0.116. The molecule has 0 bridgehead atoms. The third-order valence-electron chi connectivity index (χ3n) is 4.08. The Morgan fingerprint density at radius 1 is 0.800 bits per heavy atom. The van der Waals surface area contributed by atoms with Crippen LogP contribution < -0.4 is 0 Å². The number of methoxy groups -OCH3 is 2. The van der Waals surface area contributed by atoms with Gasteiger partial charge in [-0.2, -0.15) is 0 Å². The van der Waals surface area contributed by atoms with Crippen molar-refractivity contribution in [3.63, 3.8) is 0 Å². The van der Waals surface area contributed by atoms with Crippen molar-refractivity contribution >= 4 is 0 Å².